The standard InChI is InChI=1S/C17H21BrN4O2/c1-11(2)16-15(17(23)19-10-14-4-3-9-24-14)20-21-22(16)13-7-5-12(18)6-8-13/h5-8,11,14H,3-4,9-10H2,1-2H3,(H,19,23)/t14-/m1/s1. The fourth-order valence-corrected chi connectivity index (χ4v) is 3.10. The molecule has 7 heteroatoms. The number of carbonyl (C=O) groups excluding carboxylic acids is 1. The van der Waals surface area contributed by atoms with Crippen LogP contribution in [0.4, 0.5) is 0 Å². The van der Waals surface area contributed by atoms with Gasteiger partial charge in [0.1, 0.15) is 0 Å². The summed E-state index contributed by atoms with van der Waals surface area (Å²) in [4.78, 5) is 12.5. The van der Waals surface area contributed by atoms with E-state index in [0.717, 1.165) is 35.3 Å². The lowest BCUT2D eigenvalue weighted by molar-refractivity contribution is 0.0852. The fraction of sp³-hybridized carbons (Fsp3) is 0.471. The number of carbonyl (C=O) groups is 1. The molecule has 1 fully saturated rings. The number of hydrogen-bond acceptors (Lipinski definition) is 4. The van der Waals surface area contributed by atoms with Crippen LogP contribution in [0.2, 0.25) is 0 Å². The number of ether oxygens (including phenoxy) is 1. The van der Waals surface area contributed by atoms with E-state index in [4.69, 9.17) is 4.74 Å². The number of rotatable bonds is 5. The molecule has 1 amide bonds. The zero-order valence-corrected chi connectivity index (χ0v) is 15.4. The van der Waals surface area contributed by atoms with Crippen molar-refractivity contribution >= 4 is 21.8 Å². The van der Waals surface area contributed by atoms with Gasteiger partial charge in [-0.1, -0.05) is 35.0 Å². The van der Waals surface area contributed by atoms with Crippen molar-refractivity contribution in [2.45, 2.75) is 38.7 Å². The van der Waals surface area contributed by atoms with Crippen molar-refractivity contribution in [2.75, 3.05) is 13.2 Å². The minimum Gasteiger partial charge on any atom is -0.376 e. The smallest absolute Gasteiger partial charge is 0.273 e. The highest BCUT2D eigenvalue weighted by Crippen LogP contribution is 2.22. The summed E-state index contributed by atoms with van der Waals surface area (Å²) in [6.45, 7) is 5.36. The van der Waals surface area contributed by atoms with Crippen LogP contribution < -0.4 is 5.32 Å². The predicted molar refractivity (Wildman–Crippen MR) is 94.5 cm³/mol. The molecular weight excluding hydrogens is 372 g/mol. The Kier molecular flexibility index (Phi) is 5.30. The molecule has 0 bridgehead atoms. The first-order chi connectivity index (χ1) is 11.6. The molecule has 128 valence electrons. The third-order valence-electron chi connectivity index (χ3n) is 4.05. The Labute approximate surface area is 149 Å². The van der Waals surface area contributed by atoms with Gasteiger partial charge in [-0.15, -0.1) is 5.10 Å². The number of nitrogens with one attached hydrogen (secondary N) is 1. The molecule has 3 rings (SSSR count). The van der Waals surface area contributed by atoms with Gasteiger partial charge in [0.25, 0.3) is 5.91 Å². The molecular formula is C17H21BrN4O2. The lowest BCUT2D eigenvalue weighted by Gasteiger charge is -2.13. The summed E-state index contributed by atoms with van der Waals surface area (Å²) in [5, 5.41) is 11.2. The van der Waals surface area contributed by atoms with Gasteiger partial charge in [-0.05, 0) is 43.0 Å². The van der Waals surface area contributed by atoms with E-state index in [1.54, 1.807) is 4.68 Å². The molecule has 1 saturated heterocycles. The van der Waals surface area contributed by atoms with E-state index in [2.05, 4.69) is 31.6 Å². The third-order valence-corrected chi connectivity index (χ3v) is 4.58. The monoisotopic (exact) mass is 392 g/mol. The van der Waals surface area contributed by atoms with E-state index in [9.17, 15) is 4.79 Å². The number of hydrogen-bond donors (Lipinski definition) is 1. The summed E-state index contributed by atoms with van der Waals surface area (Å²) in [5.74, 6) is -0.0790. The van der Waals surface area contributed by atoms with Gasteiger partial charge in [0, 0.05) is 17.6 Å². The van der Waals surface area contributed by atoms with Crippen molar-refractivity contribution in [3.63, 3.8) is 0 Å². The Morgan fingerprint density at radius 1 is 1.42 bits per heavy atom. The van der Waals surface area contributed by atoms with E-state index in [-0.39, 0.29) is 17.9 Å². The van der Waals surface area contributed by atoms with Crippen LogP contribution in [0.1, 0.15) is 48.8 Å². The molecule has 24 heavy (non-hydrogen) atoms. The van der Waals surface area contributed by atoms with Crippen LogP contribution in [-0.2, 0) is 4.74 Å². The highest BCUT2D eigenvalue weighted by Gasteiger charge is 2.24. The number of benzene rings is 1. The summed E-state index contributed by atoms with van der Waals surface area (Å²) in [7, 11) is 0. The molecule has 0 spiro atoms. The van der Waals surface area contributed by atoms with Crippen molar-refractivity contribution in [2.24, 2.45) is 0 Å². The number of halogens is 1. The van der Waals surface area contributed by atoms with Gasteiger partial charge in [-0.3, -0.25) is 4.79 Å². The van der Waals surface area contributed by atoms with Crippen molar-refractivity contribution in [1.82, 2.24) is 20.3 Å². The first-order valence-corrected chi connectivity index (χ1v) is 8.97. The highest BCUT2D eigenvalue weighted by atomic mass is 79.9. The summed E-state index contributed by atoms with van der Waals surface area (Å²) in [5.41, 5.74) is 2.07. The van der Waals surface area contributed by atoms with Crippen molar-refractivity contribution in [1.29, 1.82) is 0 Å². The third kappa shape index (κ3) is 3.67. The lowest BCUT2D eigenvalue weighted by atomic mass is 10.1. The maximum absolute atomic E-state index is 12.5. The van der Waals surface area contributed by atoms with E-state index >= 15 is 0 Å². The minimum atomic E-state index is -0.197. The second-order valence-electron chi connectivity index (χ2n) is 6.21. The van der Waals surface area contributed by atoms with E-state index < -0.39 is 0 Å². The van der Waals surface area contributed by atoms with Crippen LogP contribution in [0.5, 0.6) is 0 Å². The van der Waals surface area contributed by atoms with Gasteiger partial charge >= 0.3 is 0 Å². The predicted octanol–water partition coefficient (Wildman–Crippen LogP) is 3.06. The van der Waals surface area contributed by atoms with Crippen LogP contribution in [-0.4, -0.2) is 40.2 Å². The van der Waals surface area contributed by atoms with Gasteiger partial charge in [-0.2, -0.15) is 0 Å². The van der Waals surface area contributed by atoms with Gasteiger partial charge in [0.2, 0.25) is 0 Å². The molecule has 0 radical (unpaired) electrons. The quantitative estimate of drug-likeness (QED) is 0.848. The van der Waals surface area contributed by atoms with Crippen molar-refractivity contribution in [3.05, 3.63) is 40.1 Å². The maximum atomic E-state index is 12.5. The molecule has 0 unspecified atom stereocenters. The maximum Gasteiger partial charge on any atom is 0.273 e. The summed E-state index contributed by atoms with van der Waals surface area (Å²) >= 11 is 3.43. The topological polar surface area (TPSA) is 69.0 Å². The van der Waals surface area contributed by atoms with E-state index in [1.807, 2.05) is 38.1 Å². The molecule has 1 aromatic carbocycles. The van der Waals surface area contributed by atoms with Gasteiger partial charge in [0.15, 0.2) is 5.69 Å². The molecule has 1 aliphatic heterocycles. The SMILES string of the molecule is CC(C)c1c(C(=O)NC[C@H]2CCCO2)nnn1-c1ccc(Br)cc1. The molecule has 2 aromatic rings. The second-order valence-corrected chi connectivity index (χ2v) is 7.13. The molecule has 1 atom stereocenters. The molecule has 0 saturated carbocycles. The van der Waals surface area contributed by atoms with Crippen LogP contribution in [0.25, 0.3) is 5.69 Å². The first kappa shape index (κ1) is 17.1. The molecule has 1 aliphatic rings. The molecule has 1 N–H and O–H groups in total. The minimum absolute atomic E-state index is 0.109. The summed E-state index contributed by atoms with van der Waals surface area (Å²) < 4.78 is 8.27. The molecule has 1 aromatic heterocycles. The Morgan fingerprint density at radius 2 is 2.17 bits per heavy atom. The average Bonchev–Trinajstić information content (AvgIpc) is 3.22. The van der Waals surface area contributed by atoms with Crippen LogP contribution >= 0.6 is 15.9 Å². The van der Waals surface area contributed by atoms with Crippen molar-refractivity contribution in [3.8, 4) is 5.69 Å². The van der Waals surface area contributed by atoms with Crippen LogP contribution in [0.3, 0.4) is 0 Å². The zero-order chi connectivity index (χ0) is 17.1. The number of aromatic nitrogens is 3. The van der Waals surface area contributed by atoms with Gasteiger partial charge < -0.3 is 10.1 Å². The van der Waals surface area contributed by atoms with E-state index in [1.165, 1.54) is 0 Å². The van der Waals surface area contributed by atoms with Crippen LogP contribution in [0.15, 0.2) is 28.7 Å². The Morgan fingerprint density at radius 3 is 2.79 bits per heavy atom. The molecule has 2 heterocycles. The fourth-order valence-electron chi connectivity index (χ4n) is 2.84. The Balaban J connectivity index is 1.82. The largest absolute Gasteiger partial charge is 0.376 e. The van der Waals surface area contributed by atoms with Gasteiger partial charge in [-0.25, -0.2) is 4.68 Å². The van der Waals surface area contributed by atoms with E-state index in [0.29, 0.717) is 12.2 Å². The molecule has 0 aliphatic carbocycles. The normalized spacial score (nSPS) is 17.4. The highest BCUT2D eigenvalue weighted by molar-refractivity contribution is 9.10. The number of nitrogens with zero attached hydrogens (tertiary/aromatic N) is 3. The van der Waals surface area contributed by atoms with Crippen LogP contribution in [0, 0.1) is 0 Å². The van der Waals surface area contributed by atoms with Gasteiger partial charge in [0.05, 0.1) is 17.5 Å². The zero-order valence-electron chi connectivity index (χ0n) is 13.8. The number of amides is 1. The first-order valence-electron chi connectivity index (χ1n) is 8.17. The Bertz CT molecular complexity index is 706. The Hall–Kier alpha value is -1.73. The summed E-state index contributed by atoms with van der Waals surface area (Å²) in [6, 6.07) is 7.77. The lowest BCUT2D eigenvalue weighted by Crippen LogP contribution is -2.32. The average molecular weight is 393 g/mol. The van der Waals surface area contributed by atoms with Crippen molar-refractivity contribution < 1.29 is 9.53 Å². The molecule has 6 nitrogen and oxygen atoms in total. The second kappa shape index (κ2) is 7.44. The summed E-state index contributed by atoms with van der Waals surface area (Å²) in [6.07, 6.45) is 2.15.